The van der Waals surface area contributed by atoms with Gasteiger partial charge in [0.2, 0.25) is 0 Å². The fourth-order valence-corrected chi connectivity index (χ4v) is 3.79. The molecule has 0 spiro atoms. The Morgan fingerprint density at radius 2 is 1.37 bits per heavy atom. The fraction of sp³-hybridized carbons (Fsp3) is 0.294. The van der Waals surface area contributed by atoms with E-state index >= 15 is 0 Å². The summed E-state index contributed by atoms with van der Waals surface area (Å²) < 4.78 is 0. The van der Waals surface area contributed by atoms with Gasteiger partial charge in [0, 0.05) is 6.04 Å². The van der Waals surface area contributed by atoms with Crippen LogP contribution in [0.4, 0.5) is 0 Å². The van der Waals surface area contributed by atoms with Crippen molar-refractivity contribution in [2.45, 2.75) is 31.3 Å². The summed E-state index contributed by atoms with van der Waals surface area (Å²) in [7, 11) is 0. The van der Waals surface area contributed by atoms with Crippen LogP contribution in [0, 0.1) is 0 Å². The first-order valence-electron chi connectivity index (χ1n) is 6.72. The molecular formula is C17H18ClN. The van der Waals surface area contributed by atoms with Gasteiger partial charge in [-0.3, -0.25) is 0 Å². The molecule has 0 amide bonds. The highest BCUT2D eigenvalue weighted by Gasteiger charge is 2.41. The quantitative estimate of drug-likeness (QED) is 0.774. The maximum absolute atomic E-state index is 3.84. The molecule has 0 aromatic heterocycles. The Labute approximate surface area is 120 Å². The SMILES string of the molecule is CC12NC(Cc3ccccc31)Cc1ccccc12.Cl. The van der Waals surface area contributed by atoms with E-state index in [1.54, 1.807) is 0 Å². The lowest BCUT2D eigenvalue weighted by molar-refractivity contribution is 0.309. The smallest absolute Gasteiger partial charge is 0.0669 e. The average Bonchev–Trinajstić information content (AvgIpc) is 2.39. The fourth-order valence-electron chi connectivity index (χ4n) is 3.79. The van der Waals surface area contributed by atoms with Crippen molar-refractivity contribution in [1.29, 1.82) is 0 Å². The van der Waals surface area contributed by atoms with Crippen LogP contribution in [-0.4, -0.2) is 6.04 Å². The van der Waals surface area contributed by atoms with Crippen LogP contribution in [0.15, 0.2) is 48.5 Å². The molecule has 2 aliphatic heterocycles. The van der Waals surface area contributed by atoms with E-state index in [-0.39, 0.29) is 17.9 Å². The Kier molecular flexibility index (Phi) is 2.92. The average molecular weight is 272 g/mol. The second-order valence-corrected chi connectivity index (χ2v) is 5.69. The number of halogens is 1. The Morgan fingerprint density at radius 1 is 0.895 bits per heavy atom. The first kappa shape index (κ1) is 12.7. The molecule has 19 heavy (non-hydrogen) atoms. The van der Waals surface area contributed by atoms with E-state index < -0.39 is 0 Å². The molecule has 0 unspecified atom stereocenters. The summed E-state index contributed by atoms with van der Waals surface area (Å²) in [4.78, 5) is 0. The van der Waals surface area contributed by atoms with E-state index in [1.807, 2.05) is 0 Å². The summed E-state index contributed by atoms with van der Waals surface area (Å²) in [5.41, 5.74) is 5.92. The molecule has 2 heterocycles. The van der Waals surface area contributed by atoms with E-state index in [0.717, 1.165) is 12.8 Å². The van der Waals surface area contributed by atoms with Crippen LogP contribution in [0.5, 0.6) is 0 Å². The minimum absolute atomic E-state index is 0. The number of hydrogen-bond acceptors (Lipinski definition) is 1. The Balaban J connectivity index is 0.00000110. The molecule has 98 valence electrons. The monoisotopic (exact) mass is 271 g/mol. The maximum Gasteiger partial charge on any atom is 0.0669 e. The molecule has 2 aromatic rings. The molecule has 2 aliphatic rings. The summed E-state index contributed by atoms with van der Waals surface area (Å²) in [6.07, 6.45) is 2.31. The van der Waals surface area contributed by atoms with Crippen molar-refractivity contribution in [2.75, 3.05) is 0 Å². The van der Waals surface area contributed by atoms with E-state index in [0.29, 0.717) is 6.04 Å². The molecule has 0 fully saturated rings. The molecule has 0 saturated heterocycles. The zero-order chi connectivity index (χ0) is 12.2. The number of hydrogen-bond donors (Lipinski definition) is 1. The molecule has 1 N–H and O–H groups in total. The number of fused-ring (bicyclic) bond motifs is 6. The third kappa shape index (κ3) is 1.73. The van der Waals surface area contributed by atoms with Gasteiger partial charge in [-0.1, -0.05) is 48.5 Å². The van der Waals surface area contributed by atoms with Gasteiger partial charge in [0.15, 0.2) is 0 Å². The first-order valence-corrected chi connectivity index (χ1v) is 6.72. The molecule has 1 nitrogen and oxygen atoms in total. The Bertz CT molecular complexity index is 571. The minimum Gasteiger partial charge on any atom is -0.300 e. The largest absolute Gasteiger partial charge is 0.300 e. The van der Waals surface area contributed by atoms with E-state index in [2.05, 4.69) is 60.8 Å². The highest BCUT2D eigenvalue weighted by Crippen LogP contribution is 2.41. The molecular weight excluding hydrogens is 254 g/mol. The maximum atomic E-state index is 3.84. The van der Waals surface area contributed by atoms with Gasteiger partial charge in [0.05, 0.1) is 5.54 Å². The van der Waals surface area contributed by atoms with Gasteiger partial charge >= 0.3 is 0 Å². The zero-order valence-corrected chi connectivity index (χ0v) is 11.8. The van der Waals surface area contributed by atoms with Crippen molar-refractivity contribution in [1.82, 2.24) is 5.32 Å². The van der Waals surface area contributed by atoms with Crippen molar-refractivity contribution >= 4 is 12.4 Å². The second kappa shape index (κ2) is 4.36. The predicted octanol–water partition coefficient (Wildman–Crippen LogP) is 3.44. The van der Waals surface area contributed by atoms with Crippen molar-refractivity contribution in [3.63, 3.8) is 0 Å². The highest BCUT2D eigenvalue weighted by molar-refractivity contribution is 5.85. The van der Waals surface area contributed by atoms with Crippen LogP contribution in [0.2, 0.25) is 0 Å². The van der Waals surface area contributed by atoms with Crippen LogP contribution in [0.3, 0.4) is 0 Å². The van der Waals surface area contributed by atoms with Crippen LogP contribution in [-0.2, 0) is 18.4 Å². The van der Waals surface area contributed by atoms with Crippen molar-refractivity contribution in [2.24, 2.45) is 0 Å². The lowest BCUT2D eigenvalue weighted by Crippen LogP contribution is -2.56. The van der Waals surface area contributed by atoms with Crippen LogP contribution in [0.1, 0.15) is 29.2 Å². The summed E-state index contributed by atoms with van der Waals surface area (Å²) in [6.45, 7) is 2.33. The number of rotatable bonds is 0. The normalized spacial score (nSPS) is 26.9. The first-order chi connectivity index (χ1) is 8.77. The predicted molar refractivity (Wildman–Crippen MR) is 80.9 cm³/mol. The minimum atomic E-state index is -0.00560. The standard InChI is InChI=1S/C17H17N.ClH/c1-17-15-8-4-2-6-12(15)10-14(18-17)11-13-7-3-5-9-16(13)17;/h2-9,14,18H,10-11H2,1H3;1H. The third-order valence-corrected chi connectivity index (χ3v) is 4.54. The summed E-state index contributed by atoms with van der Waals surface area (Å²) in [5, 5.41) is 3.84. The second-order valence-electron chi connectivity index (χ2n) is 5.69. The summed E-state index contributed by atoms with van der Waals surface area (Å²) >= 11 is 0. The molecule has 0 atom stereocenters. The Hall–Kier alpha value is -1.31. The van der Waals surface area contributed by atoms with Gasteiger partial charge < -0.3 is 5.32 Å². The van der Waals surface area contributed by atoms with Gasteiger partial charge in [-0.05, 0) is 42.0 Å². The van der Waals surface area contributed by atoms with Crippen molar-refractivity contribution in [3.8, 4) is 0 Å². The lowest BCUT2D eigenvalue weighted by atomic mass is 9.70. The molecule has 2 aromatic carbocycles. The molecule has 2 heteroatoms. The highest BCUT2D eigenvalue weighted by atomic mass is 35.5. The molecule has 0 aliphatic carbocycles. The summed E-state index contributed by atoms with van der Waals surface area (Å²) in [5.74, 6) is 0. The van der Waals surface area contributed by atoms with Crippen molar-refractivity contribution < 1.29 is 0 Å². The summed E-state index contributed by atoms with van der Waals surface area (Å²) in [6, 6.07) is 18.3. The van der Waals surface area contributed by atoms with Crippen LogP contribution < -0.4 is 5.32 Å². The zero-order valence-electron chi connectivity index (χ0n) is 11.0. The van der Waals surface area contributed by atoms with Crippen LogP contribution >= 0.6 is 12.4 Å². The van der Waals surface area contributed by atoms with Crippen molar-refractivity contribution in [3.05, 3.63) is 70.8 Å². The lowest BCUT2D eigenvalue weighted by Gasteiger charge is -2.47. The van der Waals surface area contributed by atoms with Gasteiger partial charge in [0.1, 0.15) is 0 Å². The Morgan fingerprint density at radius 3 is 1.89 bits per heavy atom. The van der Waals surface area contributed by atoms with E-state index in [9.17, 15) is 0 Å². The third-order valence-electron chi connectivity index (χ3n) is 4.54. The van der Waals surface area contributed by atoms with E-state index in [4.69, 9.17) is 0 Å². The number of benzene rings is 2. The van der Waals surface area contributed by atoms with Gasteiger partial charge in [-0.15, -0.1) is 12.4 Å². The molecule has 0 radical (unpaired) electrons. The van der Waals surface area contributed by atoms with Crippen LogP contribution in [0.25, 0.3) is 0 Å². The topological polar surface area (TPSA) is 12.0 Å². The van der Waals surface area contributed by atoms with Gasteiger partial charge in [0.25, 0.3) is 0 Å². The number of nitrogens with one attached hydrogen (secondary N) is 1. The van der Waals surface area contributed by atoms with E-state index in [1.165, 1.54) is 22.3 Å². The molecule has 2 bridgehead atoms. The molecule has 4 rings (SSSR count). The van der Waals surface area contributed by atoms with Gasteiger partial charge in [-0.25, -0.2) is 0 Å². The van der Waals surface area contributed by atoms with Gasteiger partial charge in [-0.2, -0.15) is 0 Å². The molecule has 0 saturated carbocycles.